The Bertz CT molecular complexity index is 254. The van der Waals surface area contributed by atoms with Gasteiger partial charge in [-0.3, -0.25) is 4.79 Å². The topological polar surface area (TPSA) is 20.3 Å². The maximum absolute atomic E-state index is 11.2. The van der Waals surface area contributed by atoms with Crippen molar-refractivity contribution in [2.45, 2.75) is 26.0 Å². The van der Waals surface area contributed by atoms with E-state index in [-0.39, 0.29) is 5.91 Å². The summed E-state index contributed by atoms with van der Waals surface area (Å²) in [6.45, 7) is 4.93. The SMILES string of the molecule is CC#CN(C#CC)C(=O)C(C)[S]. The molecule has 1 radical (unpaired) electrons. The van der Waals surface area contributed by atoms with Crippen molar-refractivity contribution in [3.63, 3.8) is 0 Å². The van der Waals surface area contributed by atoms with Crippen LogP contribution in [0.5, 0.6) is 0 Å². The molecule has 0 aliphatic heterocycles. The monoisotopic (exact) mass is 180 g/mol. The number of carbonyl (C=O) groups excluding carboxylic acids is 1. The van der Waals surface area contributed by atoms with Crippen LogP contribution in [0.25, 0.3) is 0 Å². The second-order valence-electron chi connectivity index (χ2n) is 2.04. The minimum absolute atomic E-state index is 0.242. The van der Waals surface area contributed by atoms with Gasteiger partial charge < -0.3 is 0 Å². The number of nitrogens with zero attached hydrogens (tertiary/aromatic N) is 1. The number of amides is 1. The second kappa shape index (κ2) is 5.57. The summed E-state index contributed by atoms with van der Waals surface area (Å²) < 4.78 is 0. The molecule has 0 aliphatic carbocycles. The lowest BCUT2D eigenvalue weighted by atomic mass is 10.4. The fraction of sp³-hybridized carbons (Fsp3) is 0.444. The maximum atomic E-state index is 11.2. The number of hydrogen-bond acceptors (Lipinski definition) is 1. The van der Waals surface area contributed by atoms with Gasteiger partial charge in [-0.2, -0.15) is 4.90 Å². The molecule has 63 valence electrons. The minimum Gasteiger partial charge on any atom is -0.271 e. The summed E-state index contributed by atoms with van der Waals surface area (Å²) in [6, 6.07) is 5.12. The first-order valence-electron chi connectivity index (χ1n) is 3.48. The van der Waals surface area contributed by atoms with Gasteiger partial charge in [0.25, 0.3) is 5.91 Å². The molecule has 0 heterocycles. The highest BCUT2D eigenvalue weighted by Crippen LogP contribution is 1.98. The third kappa shape index (κ3) is 3.37. The van der Waals surface area contributed by atoms with Gasteiger partial charge in [-0.25, -0.2) is 0 Å². The third-order valence-electron chi connectivity index (χ3n) is 1.02. The van der Waals surface area contributed by atoms with Crippen molar-refractivity contribution in [3.05, 3.63) is 0 Å². The molecule has 0 rings (SSSR count). The molecule has 0 bridgehead atoms. The molecular formula is C9H10NOS. The molecule has 0 saturated heterocycles. The lowest BCUT2D eigenvalue weighted by molar-refractivity contribution is -0.124. The molecular weight excluding hydrogens is 170 g/mol. The molecule has 1 atom stereocenters. The Morgan fingerprint density at radius 1 is 1.33 bits per heavy atom. The van der Waals surface area contributed by atoms with E-state index >= 15 is 0 Å². The Labute approximate surface area is 78.7 Å². The zero-order valence-electron chi connectivity index (χ0n) is 7.34. The van der Waals surface area contributed by atoms with Gasteiger partial charge in [-0.1, -0.05) is 24.5 Å². The Kier molecular flexibility index (Phi) is 5.08. The lowest BCUT2D eigenvalue weighted by Gasteiger charge is -2.08. The molecule has 1 amide bonds. The van der Waals surface area contributed by atoms with Gasteiger partial charge in [0.05, 0.1) is 5.25 Å². The van der Waals surface area contributed by atoms with Crippen LogP contribution in [0, 0.1) is 23.9 Å². The quantitative estimate of drug-likeness (QED) is 0.441. The Hall–Kier alpha value is -1.06. The highest BCUT2D eigenvalue weighted by atomic mass is 32.1. The van der Waals surface area contributed by atoms with Gasteiger partial charge in [-0.15, -0.1) is 0 Å². The molecule has 0 fully saturated rings. The summed E-state index contributed by atoms with van der Waals surface area (Å²) in [5, 5.41) is -0.480. The summed E-state index contributed by atoms with van der Waals surface area (Å²) in [7, 11) is 0. The van der Waals surface area contributed by atoms with Crippen molar-refractivity contribution in [2.24, 2.45) is 0 Å². The van der Waals surface area contributed by atoms with Gasteiger partial charge in [0.2, 0.25) is 0 Å². The molecule has 0 N–H and O–H groups in total. The summed E-state index contributed by atoms with van der Waals surface area (Å²) in [5.74, 6) is 4.95. The predicted molar refractivity (Wildman–Crippen MR) is 50.8 cm³/mol. The molecule has 12 heavy (non-hydrogen) atoms. The molecule has 0 saturated carbocycles. The zero-order valence-corrected chi connectivity index (χ0v) is 8.16. The lowest BCUT2D eigenvalue weighted by Crippen LogP contribution is -2.27. The molecule has 0 aromatic rings. The van der Waals surface area contributed by atoms with Crippen LogP contribution in [-0.4, -0.2) is 16.1 Å². The predicted octanol–water partition coefficient (Wildman–Crippen LogP) is 1.36. The van der Waals surface area contributed by atoms with Crippen LogP contribution in [0.1, 0.15) is 20.8 Å². The summed E-state index contributed by atoms with van der Waals surface area (Å²) in [5.41, 5.74) is 0. The van der Waals surface area contributed by atoms with Gasteiger partial charge in [0.15, 0.2) is 0 Å². The molecule has 0 aromatic carbocycles. The van der Waals surface area contributed by atoms with E-state index < -0.39 is 5.25 Å². The largest absolute Gasteiger partial charge is 0.271 e. The van der Waals surface area contributed by atoms with Gasteiger partial charge >= 0.3 is 0 Å². The fourth-order valence-electron chi connectivity index (χ4n) is 0.544. The molecule has 0 aliphatic rings. The van der Waals surface area contributed by atoms with Crippen LogP contribution in [0.15, 0.2) is 0 Å². The molecule has 0 aromatic heterocycles. The van der Waals surface area contributed by atoms with Crippen LogP contribution in [-0.2, 0) is 4.79 Å². The molecule has 2 nitrogen and oxygen atoms in total. The summed E-state index contributed by atoms with van der Waals surface area (Å²) >= 11 is 4.78. The van der Waals surface area contributed by atoms with Crippen molar-refractivity contribution < 1.29 is 4.79 Å². The van der Waals surface area contributed by atoms with Crippen molar-refractivity contribution in [1.29, 1.82) is 0 Å². The van der Waals surface area contributed by atoms with Crippen LogP contribution in [0.4, 0.5) is 0 Å². The molecule has 0 spiro atoms. The van der Waals surface area contributed by atoms with E-state index in [4.69, 9.17) is 12.6 Å². The van der Waals surface area contributed by atoms with E-state index in [2.05, 4.69) is 23.9 Å². The van der Waals surface area contributed by atoms with Gasteiger partial charge in [0.1, 0.15) is 0 Å². The molecule has 1 unspecified atom stereocenters. The number of rotatable bonds is 1. The van der Waals surface area contributed by atoms with Crippen LogP contribution < -0.4 is 0 Å². The zero-order chi connectivity index (χ0) is 9.56. The maximum Gasteiger partial charge on any atom is 0.259 e. The average Bonchev–Trinajstić information content (AvgIpc) is 2.03. The van der Waals surface area contributed by atoms with Gasteiger partial charge in [0, 0.05) is 12.1 Å². The highest BCUT2D eigenvalue weighted by molar-refractivity contribution is 7.81. The minimum atomic E-state index is -0.480. The van der Waals surface area contributed by atoms with E-state index in [9.17, 15) is 4.79 Å². The summed E-state index contributed by atoms with van der Waals surface area (Å²) in [4.78, 5) is 12.4. The first kappa shape index (κ1) is 10.9. The third-order valence-corrected chi connectivity index (χ3v) is 1.22. The first-order chi connectivity index (χ1) is 5.63. The van der Waals surface area contributed by atoms with Gasteiger partial charge in [-0.05, 0) is 20.8 Å². The summed E-state index contributed by atoms with van der Waals surface area (Å²) in [6.07, 6.45) is 0. The van der Waals surface area contributed by atoms with E-state index in [0.29, 0.717) is 0 Å². The standard InChI is InChI=1S/C9H10NOS/c1-4-6-10(7-5-2)9(11)8(3)12/h8H,1-3H3. The van der Waals surface area contributed by atoms with E-state index in [1.54, 1.807) is 20.8 Å². The fourth-order valence-corrected chi connectivity index (χ4v) is 0.649. The van der Waals surface area contributed by atoms with Crippen LogP contribution in [0.2, 0.25) is 0 Å². The Morgan fingerprint density at radius 2 is 1.75 bits per heavy atom. The van der Waals surface area contributed by atoms with Crippen molar-refractivity contribution in [1.82, 2.24) is 4.90 Å². The van der Waals surface area contributed by atoms with Crippen LogP contribution in [0.3, 0.4) is 0 Å². The van der Waals surface area contributed by atoms with E-state index in [1.807, 2.05) is 0 Å². The van der Waals surface area contributed by atoms with E-state index in [0.717, 1.165) is 4.90 Å². The normalized spacial score (nSPS) is 10.0. The Morgan fingerprint density at radius 3 is 2.00 bits per heavy atom. The Balaban J connectivity index is 4.55. The van der Waals surface area contributed by atoms with Crippen molar-refractivity contribution >= 4 is 18.5 Å². The van der Waals surface area contributed by atoms with E-state index in [1.165, 1.54) is 0 Å². The van der Waals surface area contributed by atoms with Crippen molar-refractivity contribution in [2.75, 3.05) is 0 Å². The second-order valence-corrected chi connectivity index (χ2v) is 2.75. The smallest absolute Gasteiger partial charge is 0.259 e. The number of carbonyl (C=O) groups is 1. The number of hydrogen-bond donors (Lipinski definition) is 0. The van der Waals surface area contributed by atoms with Crippen LogP contribution >= 0.6 is 12.6 Å². The first-order valence-corrected chi connectivity index (χ1v) is 3.95. The highest BCUT2D eigenvalue weighted by Gasteiger charge is 2.14. The molecule has 3 heteroatoms. The van der Waals surface area contributed by atoms with Crippen molar-refractivity contribution in [3.8, 4) is 23.9 Å². The average molecular weight is 180 g/mol.